The van der Waals surface area contributed by atoms with Gasteiger partial charge in [-0.15, -0.1) is 0 Å². The summed E-state index contributed by atoms with van der Waals surface area (Å²) in [5, 5.41) is 2.75. The van der Waals surface area contributed by atoms with Gasteiger partial charge in [0.05, 0.1) is 10.6 Å². The Morgan fingerprint density at radius 2 is 1.57 bits per heavy atom. The van der Waals surface area contributed by atoms with E-state index >= 15 is 0 Å². The van der Waals surface area contributed by atoms with E-state index in [2.05, 4.69) is 32.0 Å². The second-order valence-corrected chi connectivity index (χ2v) is 7.51. The minimum atomic E-state index is -1.20. The molecule has 0 radical (unpaired) electrons. The molecule has 0 bridgehead atoms. The van der Waals surface area contributed by atoms with Gasteiger partial charge in [-0.25, -0.2) is 4.21 Å². The first-order valence-corrected chi connectivity index (χ1v) is 9.74. The molecule has 0 aromatic heterocycles. The van der Waals surface area contributed by atoms with Crippen LogP contribution in [0.4, 0.5) is 5.69 Å². The van der Waals surface area contributed by atoms with Crippen LogP contribution in [0.25, 0.3) is 0 Å². The van der Waals surface area contributed by atoms with Crippen LogP contribution in [-0.2, 0) is 23.8 Å². The number of benzene rings is 2. The SMILES string of the molecule is CNC.O=S(Nc1ccc(Br)c2c1CCCC2)c1ccccc1. The molecule has 5 heteroatoms. The molecule has 0 aliphatic heterocycles. The van der Waals surface area contributed by atoms with Gasteiger partial charge in [-0.1, -0.05) is 34.1 Å². The number of rotatable bonds is 3. The first-order chi connectivity index (χ1) is 11.2. The Kier molecular flexibility index (Phi) is 7.27. The average Bonchev–Trinajstić information content (AvgIpc) is 2.59. The van der Waals surface area contributed by atoms with Gasteiger partial charge in [0.2, 0.25) is 0 Å². The first-order valence-electron chi connectivity index (χ1n) is 7.79. The second-order valence-electron chi connectivity index (χ2n) is 5.44. The van der Waals surface area contributed by atoms with E-state index in [1.807, 2.05) is 50.5 Å². The van der Waals surface area contributed by atoms with E-state index in [0.29, 0.717) is 0 Å². The van der Waals surface area contributed by atoms with Crippen LogP contribution in [0.3, 0.4) is 0 Å². The van der Waals surface area contributed by atoms with Gasteiger partial charge in [0.25, 0.3) is 0 Å². The minimum Gasteiger partial charge on any atom is -0.323 e. The molecule has 2 aromatic carbocycles. The van der Waals surface area contributed by atoms with Crippen LogP contribution >= 0.6 is 15.9 Å². The number of anilines is 1. The van der Waals surface area contributed by atoms with Gasteiger partial charge in [0.1, 0.15) is 11.0 Å². The Morgan fingerprint density at radius 1 is 0.957 bits per heavy atom. The summed E-state index contributed by atoms with van der Waals surface area (Å²) in [5.41, 5.74) is 3.69. The van der Waals surface area contributed by atoms with Gasteiger partial charge in [-0.05, 0) is 75.2 Å². The summed E-state index contributed by atoms with van der Waals surface area (Å²) in [6.45, 7) is 0. The topological polar surface area (TPSA) is 41.1 Å². The summed E-state index contributed by atoms with van der Waals surface area (Å²) in [5.74, 6) is 0. The van der Waals surface area contributed by atoms with Crippen LogP contribution < -0.4 is 10.0 Å². The second kappa shape index (κ2) is 9.21. The Morgan fingerprint density at radius 3 is 2.22 bits per heavy atom. The van der Waals surface area contributed by atoms with Crippen molar-refractivity contribution < 1.29 is 4.21 Å². The smallest absolute Gasteiger partial charge is 0.150 e. The van der Waals surface area contributed by atoms with Crippen molar-refractivity contribution in [2.24, 2.45) is 0 Å². The third-order valence-electron chi connectivity index (χ3n) is 3.64. The van der Waals surface area contributed by atoms with Crippen molar-refractivity contribution in [1.82, 2.24) is 5.32 Å². The maximum Gasteiger partial charge on any atom is 0.150 e. The predicted molar refractivity (Wildman–Crippen MR) is 102 cm³/mol. The molecule has 23 heavy (non-hydrogen) atoms. The number of halogens is 1. The van der Waals surface area contributed by atoms with Gasteiger partial charge in [0, 0.05) is 4.47 Å². The Balaban J connectivity index is 0.000000595. The van der Waals surface area contributed by atoms with E-state index in [0.717, 1.165) is 23.4 Å². The predicted octanol–water partition coefficient (Wildman–Crippen LogP) is 4.30. The highest BCUT2D eigenvalue weighted by Crippen LogP contribution is 2.34. The molecule has 2 N–H and O–H groups in total. The molecule has 3 rings (SSSR count). The molecule has 0 fully saturated rings. The Hall–Kier alpha value is -1.17. The molecule has 0 spiro atoms. The van der Waals surface area contributed by atoms with E-state index in [9.17, 15) is 4.21 Å². The van der Waals surface area contributed by atoms with Crippen LogP contribution in [0.1, 0.15) is 24.0 Å². The van der Waals surface area contributed by atoms with Crippen molar-refractivity contribution in [3.05, 3.63) is 58.1 Å². The molecule has 0 amide bonds. The zero-order chi connectivity index (χ0) is 16.7. The van der Waals surface area contributed by atoms with Crippen LogP contribution in [0.2, 0.25) is 0 Å². The fourth-order valence-electron chi connectivity index (χ4n) is 2.62. The molecular formula is C18H23BrN2OS. The maximum absolute atomic E-state index is 12.4. The van der Waals surface area contributed by atoms with E-state index < -0.39 is 11.0 Å². The number of hydrogen-bond acceptors (Lipinski definition) is 2. The summed E-state index contributed by atoms with van der Waals surface area (Å²) < 4.78 is 16.7. The molecule has 2 aromatic rings. The summed E-state index contributed by atoms with van der Waals surface area (Å²) in [4.78, 5) is 0.806. The lowest BCUT2D eigenvalue weighted by Crippen LogP contribution is -2.11. The van der Waals surface area contributed by atoms with E-state index in [-0.39, 0.29) is 0 Å². The lowest BCUT2D eigenvalue weighted by Gasteiger charge is -2.21. The Labute approximate surface area is 149 Å². The summed E-state index contributed by atoms with van der Waals surface area (Å²) in [6.07, 6.45) is 4.60. The van der Waals surface area contributed by atoms with E-state index in [1.165, 1.54) is 28.4 Å². The quantitative estimate of drug-likeness (QED) is 0.814. The number of nitrogens with one attached hydrogen (secondary N) is 2. The molecular weight excluding hydrogens is 372 g/mol. The monoisotopic (exact) mass is 394 g/mol. The van der Waals surface area contributed by atoms with Crippen molar-refractivity contribution in [3.8, 4) is 0 Å². The van der Waals surface area contributed by atoms with Crippen LogP contribution in [0.5, 0.6) is 0 Å². The van der Waals surface area contributed by atoms with Gasteiger partial charge < -0.3 is 10.0 Å². The normalized spacial score (nSPS) is 14.2. The standard InChI is InChI=1S/C16H16BrNOS.C2H7N/c17-15-10-11-16(14-9-5-4-8-13(14)15)18-20(19)12-6-2-1-3-7-12;1-3-2/h1-3,6-7,10-11,18H,4-5,8-9H2;3H,1-2H3. The third kappa shape index (κ3) is 4.90. The van der Waals surface area contributed by atoms with E-state index in [4.69, 9.17) is 0 Å². The molecule has 124 valence electrons. The molecule has 3 nitrogen and oxygen atoms in total. The fraction of sp³-hybridized carbons (Fsp3) is 0.333. The molecule has 0 saturated heterocycles. The molecule has 1 aliphatic carbocycles. The highest BCUT2D eigenvalue weighted by molar-refractivity contribution is 9.10. The maximum atomic E-state index is 12.4. The highest BCUT2D eigenvalue weighted by atomic mass is 79.9. The van der Waals surface area contributed by atoms with E-state index in [1.54, 1.807) is 0 Å². The van der Waals surface area contributed by atoms with Crippen molar-refractivity contribution in [1.29, 1.82) is 0 Å². The van der Waals surface area contributed by atoms with Crippen molar-refractivity contribution in [3.63, 3.8) is 0 Å². The van der Waals surface area contributed by atoms with Crippen LogP contribution in [0, 0.1) is 0 Å². The first kappa shape index (κ1) is 18.2. The van der Waals surface area contributed by atoms with Gasteiger partial charge >= 0.3 is 0 Å². The summed E-state index contributed by atoms with van der Waals surface area (Å²) in [6, 6.07) is 13.6. The van der Waals surface area contributed by atoms with Crippen LogP contribution in [-0.4, -0.2) is 18.3 Å². The molecule has 1 aliphatic rings. The van der Waals surface area contributed by atoms with Gasteiger partial charge in [0.15, 0.2) is 0 Å². The van der Waals surface area contributed by atoms with Crippen molar-refractivity contribution in [2.45, 2.75) is 30.6 Å². The van der Waals surface area contributed by atoms with Gasteiger partial charge in [-0.3, -0.25) is 0 Å². The fourth-order valence-corrected chi connectivity index (χ4v) is 4.11. The summed E-state index contributed by atoms with van der Waals surface area (Å²) >= 11 is 3.62. The minimum absolute atomic E-state index is 0.806. The molecule has 0 saturated carbocycles. The van der Waals surface area contributed by atoms with Crippen molar-refractivity contribution in [2.75, 3.05) is 18.8 Å². The summed E-state index contributed by atoms with van der Waals surface area (Å²) in [7, 11) is 2.55. The number of fused-ring (bicyclic) bond motifs is 1. The molecule has 1 unspecified atom stereocenters. The van der Waals surface area contributed by atoms with Gasteiger partial charge in [-0.2, -0.15) is 0 Å². The Bertz CT molecular complexity index is 662. The average molecular weight is 395 g/mol. The zero-order valence-electron chi connectivity index (χ0n) is 13.6. The largest absolute Gasteiger partial charge is 0.323 e. The molecule has 0 heterocycles. The van der Waals surface area contributed by atoms with Crippen molar-refractivity contribution >= 4 is 32.6 Å². The lowest BCUT2D eigenvalue weighted by molar-refractivity contribution is 0.681. The van der Waals surface area contributed by atoms with Crippen LogP contribution in [0.15, 0.2) is 51.8 Å². The highest BCUT2D eigenvalue weighted by Gasteiger charge is 2.17. The zero-order valence-corrected chi connectivity index (χ0v) is 16.0. The lowest BCUT2D eigenvalue weighted by atomic mass is 9.91. The number of hydrogen-bond donors (Lipinski definition) is 2. The molecule has 1 atom stereocenters. The third-order valence-corrected chi connectivity index (χ3v) is 5.49.